The van der Waals surface area contributed by atoms with Crippen molar-refractivity contribution >= 4 is 5.91 Å². The molecule has 2 aromatic rings. The molecule has 6 nitrogen and oxygen atoms in total. The van der Waals surface area contributed by atoms with Crippen LogP contribution in [0.25, 0.3) is 0 Å². The molecule has 25 heavy (non-hydrogen) atoms. The lowest BCUT2D eigenvalue weighted by atomic mass is 9.64. The van der Waals surface area contributed by atoms with Crippen LogP contribution in [0, 0.1) is 5.41 Å². The maximum atomic E-state index is 13.3. The SMILES string of the molecule is O=C(N1CCC[C@@](O)(c2cn[nH]n2)C1)C1(Cc2ccccc2)CCC1. The van der Waals surface area contributed by atoms with Gasteiger partial charge in [-0.3, -0.25) is 4.79 Å². The molecule has 1 aromatic heterocycles. The van der Waals surface area contributed by atoms with E-state index >= 15 is 0 Å². The molecule has 1 amide bonds. The lowest BCUT2D eigenvalue weighted by Crippen LogP contribution is -2.55. The molecule has 2 aliphatic rings. The molecule has 1 aliphatic heterocycles. The number of likely N-dealkylation sites (tertiary alicyclic amines) is 1. The van der Waals surface area contributed by atoms with E-state index in [1.807, 2.05) is 23.1 Å². The van der Waals surface area contributed by atoms with E-state index in [1.54, 1.807) is 6.20 Å². The predicted molar refractivity (Wildman–Crippen MR) is 92.5 cm³/mol. The first-order chi connectivity index (χ1) is 12.1. The van der Waals surface area contributed by atoms with E-state index in [-0.39, 0.29) is 11.3 Å². The van der Waals surface area contributed by atoms with Gasteiger partial charge < -0.3 is 10.0 Å². The summed E-state index contributed by atoms with van der Waals surface area (Å²) in [5.74, 6) is 0.184. The van der Waals surface area contributed by atoms with Gasteiger partial charge >= 0.3 is 0 Å². The molecular weight excluding hydrogens is 316 g/mol. The van der Waals surface area contributed by atoms with Crippen LogP contribution in [0.4, 0.5) is 0 Å². The zero-order valence-corrected chi connectivity index (χ0v) is 14.3. The summed E-state index contributed by atoms with van der Waals surface area (Å²) in [5, 5.41) is 21.4. The average molecular weight is 340 g/mol. The van der Waals surface area contributed by atoms with E-state index in [9.17, 15) is 9.90 Å². The molecule has 132 valence electrons. The summed E-state index contributed by atoms with van der Waals surface area (Å²) in [6.45, 7) is 1.00. The summed E-state index contributed by atoms with van der Waals surface area (Å²) >= 11 is 0. The molecule has 6 heteroatoms. The molecule has 0 radical (unpaired) electrons. The zero-order valence-electron chi connectivity index (χ0n) is 14.3. The quantitative estimate of drug-likeness (QED) is 0.892. The number of carbonyl (C=O) groups excluding carboxylic acids is 1. The molecule has 2 heterocycles. The zero-order chi connectivity index (χ0) is 17.3. The summed E-state index contributed by atoms with van der Waals surface area (Å²) in [7, 11) is 0. The van der Waals surface area contributed by atoms with Gasteiger partial charge in [0.2, 0.25) is 5.91 Å². The van der Waals surface area contributed by atoms with Gasteiger partial charge in [0.25, 0.3) is 0 Å². The molecule has 1 saturated carbocycles. The van der Waals surface area contributed by atoms with Gasteiger partial charge in [-0.15, -0.1) is 0 Å². The minimum atomic E-state index is -1.10. The van der Waals surface area contributed by atoms with Crippen molar-refractivity contribution in [2.45, 2.75) is 44.1 Å². The topological polar surface area (TPSA) is 82.1 Å². The Labute approximate surface area is 147 Å². The fraction of sp³-hybridized carbons (Fsp3) is 0.526. The lowest BCUT2D eigenvalue weighted by molar-refractivity contribution is -0.155. The van der Waals surface area contributed by atoms with Crippen LogP contribution < -0.4 is 0 Å². The number of amides is 1. The van der Waals surface area contributed by atoms with Gasteiger partial charge in [0.15, 0.2) is 0 Å². The molecule has 4 rings (SSSR count). The second-order valence-electron chi connectivity index (χ2n) is 7.51. The highest BCUT2D eigenvalue weighted by Crippen LogP contribution is 2.46. The van der Waals surface area contributed by atoms with Gasteiger partial charge in [-0.25, -0.2) is 0 Å². The largest absolute Gasteiger partial charge is 0.382 e. The second-order valence-corrected chi connectivity index (χ2v) is 7.51. The van der Waals surface area contributed by atoms with Crippen LogP contribution in [-0.4, -0.2) is 44.4 Å². The first kappa shape index (κ1) is 16.3. The van der Waals surface area contributed by atoms with Crippen molar-refractivity contribution in [3.63, 3.8) is 0 Å². The van der Waals surface area contributed by atoms with E-state index in [0.717, 1.165) is 32.1 Å². The van der Waals surface area contributed by atoms with E-state index < -0.39 is 5.60 Å². The third-order valence-electron chi connectivity index (χ3n) is 5.80. The van der Waals surface area contributed by atoms with Crippen LogP contribution in [0.1, 0.15) is 43.4 Å². The highest BCUT2D eigenvalue weighted by atomic mass is 16.3. The Morgan fingerprint density at radius 1 is 1.20 bits per heavy atom. The Kier molecular flexibility index (Phi) is 4.07. The third kappa shape index (κ3) is 2.95. The minimum Gasteiger partial charge on any atom is -0.382 e. The standard InChI is InChI=1S/C19H24N4O2/c24-17(18(8-4-9-18)12-15-6-2-1-3-7-15)23-11-5-10-19(25,14-23)16-13-20-22-21-16/h1-3,6-7,13,25H,4-5,8-12,14H2,(H,20,21,22)/t19-/m0/s1. The molecule has 1 aromatic carbocycles. The number of H-pyrrole nitrogens is 1. The number of aromatic nitrogens is 3. The van der Waals surface area contributed by atoms with Gasteiger partial charge in [-0.2, -0.15) is 15.4 Å². The highest BCUT2D eigenvalue weighted by Gasteiger charge is 2.49. The van der Waals surface area contributed by atoms with E-state index in [2.05, 4.69) is 27.5 Å². The summed E-state index contributed by atoms with van der Waals surface area (Å²) in [6.07, 6.45) is 6.67. The summed E-state index contributed by atoms with van der Waals surface area (Å²) in [5.41, 5.74) is 0.331. The number of β-amino-alcohol motifs (C(OH)–C–C–N with tert-alkyl or cyclic N) is 1. The van der Waals surface area contributed by atoms with Crippen LogP contribution in [0.15, 0.2) is 36.5 Å². The highest BCUT2D eigenvalue weighted by molar-refractivity contribution is 5.84. The molecule has 1 atom stereocenters. The van der Waals surface area contributed by atoms with Gasteiger partial charge in [-0.1, -0.05) is 36.8 Å². The third-order valence-corrected chi connectivity index (χ3v) is 5.80. The number of rotatable bonds is 4. The first-order valence-electron chi connectivity index (χ1n) is 9.03. The fourth-order valence-corrected chi connectivity index (χ4v) is 4.24. The monoisotopic (exact) mass is 340 g/mol. The average Bonchev–Trinajstić information content (AvgIpc) is 3.14. The van der Waals surface area contributed by atoms with Crippen molar-refractivity contribution in [2.75, 3.05) is 13.1 Å². The Morgan fingerprint density at radius 2 is 2.00 bits per heavy atom. The fourth-order valence-electron chi connectivity index (χ4n) is 4.24. The Morgan fingerprint density at radius 3 is 2.64 bits per heavy atom. The molecule has 1 saturated heterocycles. The number of aliphatic hydroxyl groups is 1. The summed E-state index contributed by atoms with van der Waals surface area (Å²) in [4.78, 5) is 15.2. The van der Waals surface area contributed by atoms with Crippen molar-refractivity contribution in [3.05, 3.63) is 47.8 Å². The number of aromatic amines is 1. The Balaban J connectivity index is 1.53. The van der Waals surface area contributed by atoms with Crippen LogP contribution in [0.5, 0.6) is 0 Å². The normalized spacial score (nSPS) is 25.4. The smallest absolute Gasteiger partial charge is 0.229 e. The van der Waals surface area contributed by atoms with Crippen LogP contribution >= 0.6 is 0 Å². The maximum absolute atomic E-state index is 13.3. The van der Waals surface area contributed by atoms with Crippen molar-refractivity contribution in [3.8, 4) is 0 Å². The van der Waals surface area contributed by atoms with Crippen LogP contribution in [-0.2, 0) is 16.8 Å². The van der Waals surface area contributed by atoms with Gasteiger partial charge in [0.05, 0.1) is 18.2 Å². The number of nitrogens with one attached hydrogen (secondary N) is 1. The molecule has 2 fully saturated rings. The number of benzene rings is 1. The number of hydrogen-bond donors (Lipinski definition) is 2. The van der Waals surface area contributed by atoms with E-state index in [4.69, 9.17) is 0 Å². The molecular formula is C19H24N4O2. The minimum absolute atomic E-state index is 0.184. The summed E-state index contributed by atoms with van der Waals surface area (Å²) in [6, 6.07) is 10.2. The Bertz CT molecular complexity index is 727. The van der Waals surface area contributed by atoms with Crippen molar-refractivity contribution in [1.29, 1.82) is 0 Å². The van der Waals surface area contributed by atoms with E-state index in [0.29, 0.717) is 25.2 Å². The molecule has 0 unspecified atom stereocenters. The number of piperidine rings is 1. The van der Waals surface area contributed by atoms with Crippen molar-refractivity contribution in [1.82, 2.24) is 20.3 Å². The van der Waals surface area contributed by atoms with Gasteiger partial charge in [-0.05, 0) is 37.7 Å². The Hall–Kier alpha value is -2.21. The molecule has 1 aliphatic carbocycles. The van der Waals surface area contributed by atoms with Crippen LogP contribution in [0.3, 0.4) is 0 Å². The first-order valence-corrected chi connectivity index (χ1v) is 9.03. The maximum Gasteiger partial charge on any atom is 0.229 e. The molecule has 0 spiro atoms. The number of nitrogens with zero attached hydrogens (tertiary/aromatic N) is 3. The lowest BCUT2D eigenvalue weighted by Gasteiger charge is -2.47. The van der Waals surface area contributed by atoms with E-state index in [1.165, 1.54) is 5.56 Å². The van der Waals surface area contributed by atoms with Crippen molar-refractivity contribution in [2.24, 2.45) is 5.41 Å². The van der Waals surface area contributed by atoms with Gasteiger partial charge in [0, 0.05) is 6.54 Å². The van der Waals surface area contributed by atoms with Gasteiger partial charge in [0.1, 0.15) is 11.3 Å². The second kappa shape index (κ2) is 6.26. The molecule has 0 bridgehead atoms. The van der Waals surface area contributed by atoms with Crippen molar-refractivity contribution < 1.29 is 9.90 Å². The van der Waals surface area contributed by atoms with Crippen LogP contribution in [0.2, 0.25) is 0 Å². The number of hydrogen-bond acceptors (Lipinski definition) is 4. The predicted octanol–water partition coefficient (Wildman–Crippen LogP) is 2.03. The molecule has 2 N–H and O–H groups in total. The number of carbonyl (C=O) groups is 1. The summed E-state index contributed by atoms with van der Waals surface area (Å²) < 4.78 is 0.